The van der Waals surface area contributed by atoms with Gasteiger partial charge in [0.1, 0.15) is 5.69 Å². The zero-order valence-corrected chi connectivity index (χ0v) is 15.5. The number of nitrogens with one attached hydrogen (secondary N) is 1. The third-order valence-electron chi connectivity index (χ3n) is 3.27. The van der Waals surface area contributed by atoms with Gasteiger partial charge in [0, 0.05) is 40.4 Å². The normalized spacial score (nSPS) is 11.6. The van der Waals surface area contributed by atoms with Crippen molar-refractivity contribution in [1.29, 1.82) is 0 Å². The minimum atomic E-state index is -3.82. The smallest absolute Gasteiger partial charge is 0.281 e. The molecule has 132 valence electrons. The molecule has 24 heavy (non-hydrogen) atoms. The molecule has 0 aromatic carbocycles. The largest absolute Gasteiger partial charge is 0.361 e. The second-order valence-corrected chi connectivity index (χ2v) is 7.68. The van der Waals surface area contributed by atoms with Crippen LogP contribution in [0.25, 0.3) is 0 Å². The highest BCUT2D eigenvalue weighted by molar-refractivity contribution is 7.92. The molecule has 2 aromatic rings. The summed E-state index contributed by atoms with van der Waals surface area (Å²) in [5, 5.41) is -0.0439. The topological polar surface area (TPSA) is 96.2 Å². The van der Waals surface area contributed by atoms with Crippen molar-refractivity contribution in [1.82, 2.24) is 19.5 Å². The number of hydrogen-bond donors (Lipinski definition) is 1. The summed E-state index contributed by atoms with van der Waals surface area (Å²) >= 11 is 0. The number of hydrogen-bond acceptors (Lipinski definition) is 7. The Morgan fingerprint density at radius 1 is 1.12 bits per heavy atom. The minimum absolute atomic E-state index is 0.0439. The fourth-order valence-corrected chi connectivity index (χ4v) is 2.91. The lowest BCUT2D eigenvalue weighted by molar-refractivity contribution is 0.591. The van der Waals surface area contributed by atoms with Crippen molar-refractivity contribution in [3.63, 3.8) is 0 Å². The van der Waals surface area contributed by atoms with Gasteiger partial charge in [-0.1, -0.05) is 0 Å². The molecule has 0 radical (unpaired) electrons. The van der Waals surface area contributed by atoms with Crippen molar-refractivity contribution >= 4 is 27.5 Å². The SMILES string of the molecule is CC(C)n1cnc(S(=O)(=O)Nc2cnc(N(C)C)nc2N(C)C)c1. The van der Waals surface area contributed by atoms with E-state index in [0.29, 0.717) is 17.5 Å². The summed E-state index contributed by atoms with van der Waals surface area (Å²) in [7, 11) is 3.39. The van der Waals surface area contributed by atoms with Crippen molar-refractivity contribution in [2.24, 2.45) is 0 Å². The standard InChI is InChI=1S/C14H23N7O2S/c1-10(2)21-8-12(16-9-21)24(22,23)18-11-7-15-14(20(5)6)17-13(11)19(3)4/h7-10,18H,1-6H3. The molecule has 0 fully saturated rings. The molecule has 0 aliphatic rings. The van der Waals surface area contributed by atoms with Crippen molar-refractivity contribution < 1.29 is 8.42 Å². The second-order valence-electron chi connectivity index (χ2n) is 6.05. The van der Waals surface area contributed by atoms with Crippen LogP contribution in [0, 0.1) is 0 Å². The van der Waals surface area contributed by atoms with Gasteiger partial charge < -0.3 is 14.4 Å². The zero-order chi connectivity index (χ0) is 18.1. The van der Waals surface area contributed by atoms with Crippen LogP contribution in [-0.4, -0.2) is 56.1 Å². The third kappa shape index (κ3) is 3.75. The van der Waals surface area contributed by atoms with Crippen molar-refractivity contribution in [2.45, 2.75) is 24.9 Å². The summed E-state index contributed by atoms with van der Waals surface area (Å²) in [4.78, 5) is 16.0. The summed E-state index contributed by atoms with van der Waals surface area (Å²) in [6.07, 6.45) is 4.45. The lowest BCUT2D eigenvalue weighted by atomic mass is 10.4. The molecule has 0 amide bonds. The Balaban J connectivity index is 2.38. The van der Waals surface area contributed by atoms with Crippen LogP contribution in [-0.2, 0) is 10.0 Å². The minimum Gasteiger partial charge on any atom is -0.361 e. The molecule has 0 bridgehead atoms. The van der Waals surface area contributed by atoms with Gasteiger partial charge >= 0.3 is 0 Å². The number of imidazole rings is 1. The Bertz CT molecular complexity index is 812. The van der Waals surface area contributed by atoms with Gasteiger partial charge in [-0.15, -0.1) is 0 Å². The average molecular weight is 353 g/mol. The summed E-state index contributed by atoms with van der Waals surface area (Å²) in [5.74, 6) is 0.964. The first-order valence-corrected chi connectivity index (χ1v) is 8.88. The van der Waals surface area contributed by atoms with E-state index < -0.39 is 10.0 Å². The maximum Gasteiger partial charge on any atom is 0.281 e. The predicted octanol–water partition coefficient (Wildman–Crippen LogP) is 1.19. The average Bonchev–Trinajstić information content (AvgIpc) is 2.97. The molecule has 10 heteroatoms. The molecule has 0 saturated heterocycles. The molecule has 2 heterocycles. The monoisotopic (exact) mass is 353 g/mol. The molecule has 9 nitrogen and oxygen atoms in total. The van der Waals surface area contributed by atoms with Crippen LogP contribution in [0.2, 0.25) is 0 Å². The van der Waals surface area contributed by atoms with Crippen LogP contribution in [0.5, 0.6) is 0 Å². The van der Waals surface area contributed by atoms with E-state index in [9.17, 15) is 8.42 Å². The first kappa shape index (κ1) is 18.0. The quantitative estimate of drug-likeness (QED) is 0.833. The van der Waals surface area contributed by atoms with E-state index in [4.69, 9.17) is 0 Å². The highest BCUT2D eigenvalue weighted by Gasteiger charge is 2.21. The Kier molecular flexibility index (Phi) is 4.97. The highest BCUT2D eigenvalue weighted by Crippen LogP contribution is 2.25. The van der Waals surface area contributed by atoms with Gasteiger partial charge in [-0.3, -0.25) is 4.72 Å². The lowest BCUT2D eigenvalue weighted by Gasteiger charge is -2.19. The van der Waals surface area contributed by atoms with E-state index in [1.54, 1.807) is 28.5 Å². The fraction of sp³-hybridized carbons (Fsp3) is 0.500. The van der Waals surface area contributed by atoms with E-state index >= 15 is 0 Å². The van der Waals surface area contributed by atoms with Crippen LogP contribution < -0.4 is 14.5 Å². The molecule has 0 unspecified atom stereocenters. The number of rotatable bonds is 6. The number of aromatic nitrogens is 4. The van der Waals surface area contributed by atoms with Crippen molar-refractivity contribution in [3.05, 3.63) is 18.7 Å². The predicted molar refractivity (Wildman–Crippen MR) is 94.1 cm³/mol. The van der Waals surface area contributed by atoms with E-state index in [-0.39, 0.29) is 11.1 Å². The Hall–Kier alpha value is -2.36. The highest BCUT2D eigenvalue weighted by atomic mass is 32.2. The van der Waals surface area contributed by atoms with Crippen molar-refractivity contribution in [3.8, 4) is 0 Å². The van der Waals surface area contributed by atoms with Gasteiger partial charge in [0.25, 0.3) is 10.0 Å². The first-order valence-electron chi connectivity index (χ1n) is 7.40. The molecular formula is C14H23N7O2S. The first-order chi connectivity index (χ1) is 11.1. The van der Waals surface area contributed by atoms with E-state index in [1.165, 1.54) is 18.7 Å². The summed E-state index contributed by atoms with van der Waals surface area (Å²) < 4.78 is 29.4. The maximum atomic E-state index is 12.6. The van der Waals surface area contributed by atoms with Gasteiger partial charge in [0.15, 0.2) is 10.8 Å². The van der Waals surface area contributed by atoms with Gasteiger partial charge in [-0.2, -0.15) is 13.4 Å². The van der Waals surface area contributed by atoms with E-state index in [0.717, 1.165) is 0 Å². The van der Waals surface area contributed by atoms with Crippen LogP contribution in [0.1, 0.15) is 19.9 Å². The molecule has 0 spiro atoms. The summed E-state index contributed by atoms with van der Waals surface area (Å²) in [6, 6.07) is 0.126. The van der Waals surface area contributed by atoms with Crippen molar-refractivity contribution in [2.75, 3.05) is 42.7 Å². The van der Waals surface area contributed by atoms with Gasteiger partial charge in [0.05, 0.1) is 12.5 Å². The lowest BCUT2D eigenvalue weighted by Crippen LogP contribution is -2.21. The molecule has 0 aliphatic carbocycles. The molecule has 0 saturated carbocycles. The van der Waals surface area contributed by atoms with Crippen LogP contribution in [0.3, 0.4) is 0 Å². The number of anilines is 3. The molecular weight excluding hydrogens is 330 g/mol. The Morgan fingerprint density at radius 3 is 2.29 bits per heavy atom. The van der Waals surface area contributed by atoms with Gasteiger partial charge in [-0.05, 0) is 13.8 Å². The Labute approximate surface area is 142 Å². The molecule has 2 aromatic heterocycles. The van der Waals surface area contributed by atoms with Gasteiger partial charge in [0.2, 0.25) is 5.95 Å². The van der Waals surface area contributed by atoms with Crippen LogP contribution in [0.4, 0.5) is 17.5 Å². The Morgan fingerprint density at radius 2 is 1.79 bits per heavy atom. The third-order valence-corrected chi connectivity index (χ3v) is 4.52. The van der Waals surface area contributed by atoms with Crippen LogP contribution >= 0.6 is 0 Å². The molecule has 2 rings (SSSR count). The molecule has 0 aliphatic heterocycles. The number of nitrogens with zero attached hydrogens (tertiary/aromatic N) is 6. The summed E-state index contributed by atoms with van der Waals surface area (Å²) in [5.41, 5.74) is 0.296. The second kappa shape index (κ2) is 6.63. The maximum absolute atomic E-state index is 12.6. The van der Waals surface area contributed by atoms with Crippen LogP contribution in [0.15, 0.2) is 23.7 Å². The number of sulfonamides is 1. The van der Waals surface area contributed by atoms with E-state index in [1.807, 2.05) is 27.9 Å². The summed E-state index contributed by atoms with van der Waals surface area (Å²) in [6.45, 7) is 3.90. The van der Waals surface area contributed by atoms with Gasteiger partial charge in [-0.25, -0.2) is 9.97 Å². The molecule has 0 atom stereocenters. The zero-order valence-electron chi connectivity index (χ0n) is 14.7. The molecule has 1 N–H and O–H groups in total. The van der Waals surface area contributed by atoms with E-state index in [2.05, 4.69) is 19.7 Å². The fourth-order valence-electron chi connectivity index (χ4n) is 1.93.